The summed E-state index contributed by atoms with van der Waals surface area (Å²) in [7, 11) is 1.88. The number of nitrogens with one attached hydrogen (secondary N) is 2. The molecule has 2 aromatic carbocycles. The molecule has 4 heteroatoms. The average Bonchev–Trinajstić information content (AvgIpc) is 2.55. The molecule has 0 bridgehead atoms. The van der Waals surface area contributed by atoms with Gasteiger partial charge in [0.2, 0.25) is 0 Å². The molecule has 4 nitrogen and oxygen atoms in total. The van der Waals surface area contributed by atoms with Gasteiger partial charge in [-0.2, -0.15) is 0 Å². The van der Waals surface area contributed by atoms with E-state index in [0.717, 1.165) is 23.4 Å². The van der Waals surface area contributed by atoms with Gasteiger partial charge in [-0.1, -0.05) is 31.2 Å². The minimum Gasteiger partial charge on any atom is -0.494 e. The topological polar surface area (TPSA) is 50.4 Å². The van der Waals surface area contributed by atoms with Gasteiger partial charge in [-0.25, -0.2) is 0 Å². The predicted molar refractivity (Wildman–Crippen MR) is 89.4 cm³/mol. The molecule has 0 spiro atoms. The molecule has 0 aliphatic heterocycles. The lowest BCUT2D eigenvalue weighted by molar-refractivity contribution is 0.102. The monoisotopic (exact) mass is 298 g/mol. The van der Waals surface area contributed by atoms with Crippen molar-refractivity contribution in [3.63, 3.8) is 0 Å². The Labute approximate surface area is 131 Å². The maximum atomic E-state index is 12.4. The van der Waals surface area contributed by atoms with E-state index in [1.54, 1.807) is 12.1 Å². The molecule has 1 amide bonds. The molecule has 2 aromatic rings. The lowest BCUT2D eigenvalue weighted by atomic mass is 10.1. The van der Waals surface area contributed by atoms with Crippen LogP contribution in [-0.4, -0.2) is 19.6 Å². The van der Waals surface area contributed by atoms with E-state index in [1.807, 2.05) is 43.4 Å². The molecule has 0 atom stereocenters. The summed E-state index contributed by atoms with van der Waals surface area (Å²) in [5.74, 6) is 0.587. The van der Waals surface area contributed by atoms with Gasteiger partial charge < -0.3 is 15.4 Å². The number of carbonyl (C=O) groups excluding carboxylic acids is 1. The third-order valence-corrected chi connectivity index (χ3v) is 3.20. The zero-order valence-electron chi connectivity index (χ0n) is 13.1. The van der Waals surface area contributed by atoms with E-state index in [0.29, 0.717) is 18.7 Å². The maximum absolute atomic E-state index is 12.4. The number of ether oxygens (including phenoxy) is 1. The molecule has 0 heterocycles. The second kappa shape index (κ2) is 8.20. The predicted octanol–water partition coefficient (Wildman–Crippen LogP) is 3.45. The molecular weight excluding hydrogens is 276 g/mol. The fourth-order valence-corrected chi connectivity index (χ4v) is 2.13. The highest BCUT2D eigenvalue weighted by molar-refractivity contribution is 6.04. The highest BCUT2D eigenvalue weighted by atomic mass is 16.5. The van der Waals surface area contributed by atoms with Crippen LogP contribution in [0.3, 0.4) is 0 Å². The average molecular weight is 298 g/mol. The van der Waals surface area contributed by atoms with Crippen LogP contribution in [0.25, 0.3) is 0 Å². The number of amides is 1. The van der Waals surface area contributed by atoms with Gasteiger partial charge in [0.1, 0.15) is 5.75 Å². The van der Waals surface area contributed by atoms with Crippen molar-refractivity contribution in [3.05, 3.63) is 59.7 Å². The van der Waals surface area contributed by atoms with Gasteiger partial charge in [0, 0.05) is 17.8 Å². The first kappa shape index (κ1) is 16.0. The van der Waals surface area contributed by atoms with Crippen molar-refractivity contribution in [1.29, 1.82) is 0 Å². The van der Waals surface area contributed by atoms with Crippen molar-refractivity contribution >= 4 is 11.6 Å². The molecule has 0 fully saturated rings. The van der Waals surface area contributed by atoms with Crippen molar-refractivity contribution in [2.24, 2.45) is 0 Å². The number of hydrogen-bond donors (Lipinski definition) is 2. The molecule has 116 valence electrons. The Balaban J connectivity index is 2.12. The van der Waals surface area contributed by atoms with Crippen LogP contribution in [0, 0.1) is 0 Å². The van der Waals surface area contributed by atoms with Gasteiger partial charge in [-0.05, 0) is 43.3 Å². The Morgan fingerprint density at radius 2 is 1.95 bits per heavy atom. The van der Waals surface area contributed by atoms with Crippen LogP contribution in [0.5, 0.6) is 5.75 Å². The van der Waals surface area contributed by atoms with E-state index >= 15 is 0 Å². The van der Waals surface area contributed by atoms with Gasteiger partial charge in [0.05, 0.1) is 6.61 Å². The first-order chi connectivity index (χ1) is 10.7. The summed E-state index contributed by atoms with van der Waals surface area (Å²) < 4.78 is 5.57. The van der Waals surface area contributed by atoms with E-state index < -0.39 is 0 Å². The van der Waals surface area contributed by atoms with Crippen LogP contribution >= 0.6 is 0 Å². The summed E-state index contributed by atoms with van der Waals surface area (Å²) in [4.78, 5) is 12.4. The van der Waals surface area contributed by atoms with Gasteiger partial charge in [0.25, 0.3) is 5.91 Å². The third kappa shape index (κ3) is 4.33. The second-order valence-electron chi connectivity index (χ2n) is 5.02. The minimum absolute atomic E-state index is 0.134. The molecule has 2 rings (SSSR count). The van der Waals surface area contributed by atoms with Gasteiger partial charge in [-0.15, -0.1) is 0 Å². The standard InChI is InChI=1S/C18H22N2O2/c1-3-11-22-16-9-6-8-14(12-16)18(21)20-17-10-5-4-7-15(17)13-19-2/h4-10,12,19H,3,11,13H2,1-2H3,(H,20,21). The van der Waals surface area contributed by atoms with Crippen LogP contribution in [-0.2, 0) is 6.54 Å². The fraction of sp³-hybridized carbons (Fsp3) is 0.278. The normalized spacial score (nSPS) is 10.3. The van der Waals surface area contributed by atoms with E-state index in [-0.39, 0.29) is 5.91 Å². The zero-order chi connectivity index (χ0) is 15.8. The van der Waals surface area contributed by atoms with E-state index in [2.05, 4.69) is 17.6 Å². The smallest absolute Gasteiger partial charge is 0.255 e. The molecule has 0 aliphatic carbocycles. The summed E-state index contributed by atoms with van der Waals surface area (Å²) in [6.07, 6.45) is 0.938. The number of hydrogen-bond acceptors (Lipinski definition) is 3. The molecule has 0 radical (unpaired) electrons. The number of anilines is 1. The molecule has 0 saturated heterocycles. The van der Waals surface area contributed by atoms with E-state index in [1.165, 1.54) is 0 Å². The largest absolute Gasteiger partial charge is 0.494 e. The van der Waals surface area contributed by atoms with E-state index in [9.17, 15) is 4.79 Å². The number of benzene rings is 2. The van der Waals surface area contributed by atoms with Gasteiger partial charge >= 0.3 is 0 Å². The lowest BCUT2D eigenvalue weighted by Gasteiger charge is -2.11. The highest BCUT2D eigenvalue weighted by Crippen LogP contribution is 2.18. The van der Waals surface area contributed by atoms with Gasteiger partial charge in [0.15, 0.2) is 0 Å². The van der Waals surface area contributed by atoms with Crippen LogP contribution in [0.4, 0.5) is 5.69 Å². The molecule has 22 heavy (non-hydrogen) atoms. The zero-order valence-corrected chi connectivity index (χ0v) is 13.1. The lowest BCUT2D eigenvalue weighted by Crippen LogP contribution is -2.15. The number of para-hydroxylation sites is 1. The molecule has 0 unspecified atom stereocenters. The quantitative estimate of drug-likeness (QED) is 0.823. The molecule has 2 N–H and O–H groups in total. The molecule has 0 aliphatic rings. The summed E-state index contributed by atoms with van der Waals surface area (Å²) >= 11 is 0. The molecule has 0 saturated carbocycles. The van der Waals surface area contributed by atoms with Crippen LogP contribution in [0.15, 0.2) is 48.5 Å². The first-order valence-electron chi connectivity index (χ1n) is 7.51. The Morgan fingerprint density at radius 3 is 2.73 bits per heavy atom. The molecular formula is C18H22N2O2. The van der Waals surface area contributed by atoms with Crippen molar-refractivity contribution in [2.45, 2.75) is 19.9 Å². The Bertz CT molecular complexity index is 626. The van der Waals surface area contributed by atoms with Crippen LogP contribution < -0.4 is 15.4 Å². The minimum atomic E-state index is -0.134. The first-order valence-corrected chi connectivity index (χ1v) is 7.51. The van der Waals surface area contributed by atoms with Gasteiger partial charge in [-0.3, -0.25) is 4.79 Å². The summed E-state index contributed by atoms with van der Waals surface area (Å²) in [6, 6.07) is 15.0. The van der Waals surface area contributed by atoms with E-state index in [4.69, 9.17) is 4.74 Å². The van der Waals surface area contributed by atoms with Crippen LogP contribution in [0.1, 0.15) is 29.3 Å². The number of rotatable bonds is 7. The molecule has 0 aromatic heterocycles. The highest BCUT2D eigenvalue weighted by Gasteiger charge is 2.09. The Kier molecular flexibility index (Phi) is 5.98. The van der Waals surface area contributed by atoms with Crippen molar-refractivity contribution in [3.8, 4) is 5.75 Å². The van der Waals surface area contributed by atoms with Crippen molar-refractivity contribution in [2.75, 3.05) is 19.0 Å². The SMILES string of the molecule is CCCOc1cccc(C(=O)Nc2ccccc2CNC)c1. The Hall–Kier alpha value is -2.33. The fourth-order valence-electron chi connectivity index (χ4n) is 2.13. The van der Waals surface area contributed by atoms with Crippen molar-refractivity contribution < 1.29 is 9.53 Å². The third-order valence-electron chi connectivity index (χ3n) is 3.20. The second-order valence-corrected chi connectivity index (χ2v) is 5.02. The van der Waals surface area contributed by atoms with Crippen molar-refractivity contribution in [1.82, 2.24) is 5.32 Å². The summed E-state index contributed by atoms with van der Waals surface area (Å²) in [5.41, 5.74) is 2.46. The Morgan fingerprint density at radius 1 is 1.14 bits per heavy atom. The summed E-state index contributed by atoms with van der Waals surface area (Å²) in [6.45, 7) is 3.40. The van der Waals surface area contributed by atoms with Crippen LogP contribution in [0.2, 0.25) is 0 Å². The number of carbonyl (C=O) groups is 1. The maximum Gasteiger partial charge on any atom is 0.255 e. The summed E-state index contributed by atoms with van der Waals surface area (Å²) in [5, 5.41) is 6.06.